The van der Waals surface area contributed by atoms with Crippen molar-refractivity contribution in [2.45, 2.75) is 52.2 Å². The Hall–Kier alpha value is -3.48. The molecule has 1 aromatic heterocycles. The monoisotopic (exact) mass is 426 g/mol. The summed E-state index contributed by atoms with van der Waals surface area (Å²) in [6, 6.07) is 0. The van der Waals surface area contributed by atoms with Crippen molar-refractivity contribution >= 4 is 35.5 Å². The van der Waals surface area contributed by atoms with Crippen LogP contribution < -0.4 is 11.1 Å². The van der Waals surface area contributed by atoms with Crippen molar-refractivity contribution in [2.75, 3.05) is 11.9 Å². The summed E-state index contributed by atoms with van der Waals surface area (Å²) >= 11 is 0. The summed E-state index contributed by atoms with van der Waals surface area (Å²) < 4.78 is 22.5. The Morgan fingerprint density at radius 3 is 2.17 bits per heavy atom. The van der Waals surface area contributed by atoms with Gasteiger partial charge in [0.25, 0.3) is 5.91 Å². The summed E-state index contributed by atoms with van der Waals surface area (Å²) in [5.41, 5.74) is 5.04. The molecule has 0 aromatic carbocycles. The smallest absolute Gasteiger partial charge is 0.303 e. The molecule has 0 saturated carbocycles. The van der Waals surface area contributed by atoms with Crippen LogP contribution in [0.1, 0.15) is 44.4 Å². The van der Waals surface area contributed by atoms with Crippen molar-refractivity contribution in [3.8, 4) is 0 Å². The molecule has 0 aliphatic carbocycles. The number of imidazole rings is 1. The van der Waals surface area contributed by atoms with E-state index >= 15 is 0 Å². The van der Waals surface area contributed by atoms with Gasteiger partial charge in [-0.05, 0) is 0 Å². The summed E-state index contributed by atoms with van der Waals surface area (Å²) in [5.74, 6) is -3.58. The molecule has 0 bridgehead atoms. The fraction of sp³-hybridized carbons (Fsp3) is 0.529. The van der Waals surface area contributed by atoms with Gasteiger partial charge in [0.15, 0.2) is 24.1 Å². The molecule has 13 nitrogen and oxygen atoms in total. The van der Waals surface area contributed by atoms with Crippen LogP contribution >= 0.6 is 0 Å². The number of hydrogen-bond donors (Lipinski definition) is 2. The molecule has 1 aliphatic heterocycles. The standard InChI is InChI=1S/C17H22N4O9/c1-7(22)20-16-12(15(18)26)19-6-21(16)17-14(29-10(4)25)13(28-9(3)24)11(30-17)5-27-8(2)23/h6,11,13-14,17H,5H2,1-4H3,(H2,18,26)(H,20,22)/t11-,13-,14-,17-/m1/s1. The Morgan fingerprint density at radius 1 is 1.07 bits per heavy atom. The molecular weight excluding hydrogens is 404 g/mol. The summed E-state index contributed by atoms with van der Waals surface area (Å²) in [6.07, 6.45) is -3.43. The van der Waals surface area contributed by atoms with Gasteiger partial charge in [-0.15, -0.1) is 0 Å². The minimum atomic E-state index is -1.21. The number of ether oxygens (including phenoxy) is 4. The van der Waals surface area contributed by atoms with Gasteiger partial charge < -0.3 is 30.0 Å². The third-order valence-corrected chi connectivity index (χ3v) is 3.94. The first-order valence-corrected chi connectivity index (χ1v) is 8.78. The minimum Gasteiger partial charge on any atom is -0.463 e. The number of carbonyl (C=O) groups excluding carboxylic acids is 5. The van der Waals surface area contributed by atoms with Crippen LogP contribution in [0.2, 0.25) is 0 Å². The number of anilines is 1. The van der Waals surface area contributed by atoms with Crippen LogP contribution in [-0.2, 0) is 38.1 Å². The summed E-state index contributed by atoms with van der Waals surface area (Å²) in [7, 11) is 0. The molecule has 1 saturated heterocycles. The molecule has 1 aromatic rings. The number of nitrogens with one attached hydrogen (secondary N) is 1. The zero-order valence-electron chi connectivity index (χ0n) is 16.7. The molecule has 2 heterocycles. The quantitative estimate of drug-likeness (QED) is 0.417. The van der Waals surface area contributed by atoms with Gasteiger partial charge >= 0.3 is 17.9 Å². The van der Waals surface area contributed by atoms with Gasteiger partial charge in [0.1, 0.15) is 18.5 Å². The maximum Gasteiger partial charge on any atom is 0.303 e. The number of esters is 3. The van der Waals surface area contributed by atoms with Crippen molar-refractivity contribution in [1.29, 1.82) is 0 Å². The van der Waals surface area contributed by atoms with E-state index in [0.29, 0.717) is 0 Å². The molecule has 0 radical (unpaired) electrons. The third-order valence-electron chi connectivity index (χ3n) is 3.94. The molecule has 4 atom stereocenters. The summed E-state index contributed by atoms with van der Waals surface area (Å²) in [4.78, 5) is 61.7. The topological polar surface area (TPSA) is 178 Å². The lowest BCUT2D eigenvalue weighted by Gasteiger charge is -2.24. The lowest BCUT2D eigenvalue weighted by atomic mass is 10.1. The van der Waals surface area contributed by atoms with Crippen LogP contribution in [0.15, 0.2) is 6.33 Å². The number of carbonyl (C=O) groups is 5. The average Bonchev–Trinajstić information content (AvgIpc) is 3.14. The van der Waals surface area contributed by atoms with Gasteiger partial charge in [0.05, 0.1) is 6.33 Å². The van der Waals surface area contributed by atoms with Crippen LogP contribution in [0, 0.1) is 0 Å². The first kappa shape index (κ1) is 22.8. The van der Waals surface area contributed by atoms with Gasteiger partial charge in [-0.2, -0.15) is 0 Å². The van der Waals surface area contributed by atoms with Crippen molar-refractivity contribution in [1.82, 2.24) is 9.55 Å². The SMILES string of the molecule is CC(=O)Nc1c(C(N)=O)ncn1[C@@H]1O[C@H](COC(C)=O)[C@@H](OC(C)=O)[C@H]1OC(C)=O. The van der Waals surface area contributed by atoms with Crippen LogP contribution in [0.3, 0.4) is 0 Å². The number of primary amides is 1. The number of hydrogen-bond acceptors (Lipinski definition) is 10. The first-order valence-electron chi connectivity index (χ1n) is 8.78. The van der Waals surface area contributed by atoms with Crippen molar-refractivity contribution in [3.63, 3.8) is 0 Å². The number of aromatic nitrogens is 2. The van der Waals surface area contributed by atoms with Gasteiger partial charge in [0, 0.05) is 27.7 Å². The lowest BCUT2D eigenvalue weighted by Crippen LogP contribution is -2.40. The lowest BCUT2D eigenvalue weighted by molar-refractivity contribution is -0.166. The van der Waals surface area contributed by atoms with E-state index in [2.05, 4.69) is 10.3 Å². The van der Waals surface area contributed by atoms with E-state index in [0.717, 1.165) is 20.2 Å². The van der Waals surface area contributed by atoms with E-state index in [4.69, 9.17) is 24.7 Å². The number of rotatable bonds is 7. The molecular formula is C17H22N4O9. The predicted molar refractivity (Wildman–Crippen MR) is 96.7 cm³/mol. The Bertz CT molecular complexity index is 865. The second-order valence-corrected chi connectivity index (χ2v) is 6.41. The fourth-order valence-electron chi connectivity index (χ4n) is 2.94. The Morgan fingerprint density at radius 2 is 1.67 bits per heavy atom. The van der Waals surface area contributed by atoms with E-state index < -0.39 is 54.3 Å². The Kier molecular flexibility index (Phi) is 7.10. The first-order chi connectivity index (χ1) is 14.0. The van der Waals surface area contributed by atoms with E-state index in [9.17, 15) is 24.0 Å². The maximum atomic E-state index is 11.7. The third kappa shape index (κ3) is 5.31. The second-order valence-electron chi connectivity index (χ2n) is 6.41. The normalized spacial score (nSPS) is 22.8. The van der Waals surface area contributed by atoms with Crippen molar-refractivity contribution in [3.05, 3.63) is 12.0 Å². The maximum absolute atomic E-state index is 11.7. The number of amides is 2. The molecule has 164 valence electrons. The molecule has 1 aliphatic rings. The minimum absolute atomic E-state index is 0.105. The second kappa shape index (κ2) is 9.35. The van der Waals surface area contributed by atoms with Gasteiger partial charge in [0.2, 0.25) is 5.91 Å². The van der Waals surface area contributed by atoms with Crippen LogP contribution in [-0.4, -0.2) is 64.2 Å². The molecule has 0 unspecified atom stereocenters. The fourth-order valence-corrected chi connectivity index (χ4v) is 2.94. The van der Waals surface area contributed by atoms with E-state index in [-0.39, 0.29) is 18.1 Å². The number of nitrogens with zero attached hydrogens (tertiary/aromatic N) is 2. The Labute approximate surface area is 170 Å². The van der Waals surface area contributed by atoms with E-state index in [1.807, 2.05) is 0 Å². The van der Waals surface area contributed by atoms with E-state index in [1.54, 1.807) is 0 Å². The largest absolute Gasteiger partial charge is 0.463 e. The Balaban J connectivity index is 2.51. The van der Waals surface area contributed by atoms with E-state index in [1.165, 1.54) is 18.4 Å². The van der Waals surface area contributed by atoms with Gasteiger partial charge in [-0.1, -0.05) is 0 Å². The van der Waals surface area contributed by atoms with Gasteiger partial charge in [-0.3, -0.25) is 28.5 Å². The zero-order valence-corrected chi connectivity index (χ0v) is 16.7. The van der Waals surface area contributed by atoms with Crippen molar-refractivity contribution < 1.29 is 42.9 Å². The number of nitrogens with two attached hydrogens (primary N) is 1. The molecule has 2 amide bonds. The highest BCUT2D eigenvalue weighted by Gasteiger charge is 2.51. The van der Waals surface area contributed by atoms with Crippen molar-refractivity contribution in [2.24, 2.45) is 5.73 Å². The highest BCUT2D eigenvalue weighted by molar-refractivity contribution is 6.00. The molecule has 1 fully saturated rings. The molecule has 3 N–H and O–H groups in total. The predicted octanol–water partition coefficient (Wildman–Crippen LogP) is -0.736. The molecule has 0 spiro atoms. The molecule has 2 rings (SSSR count). The highest BCUT2D eigenvalue weighted by Crippen LogP contribution is 2.36. The zero-order chi connectivity index (χ0) is 22.6. The molecule has 30 heavy (non-hydrogen) atoms. The summed E-state index contributed by atoms with van der Waals surface area (Å²) in [5, 5.41) is 2.42. The van der Waals surface area contributed by atoms with Crippen LogP contribution in [0.25, 0.3) is 0 Å². The summed E-state index contributed by atoms with van der Waals surface area (Å²) in [6.45, 7) is 4.35. The molecule has 13 heteroatoms. The van der Waals surface area contributed by atoms with Gasteiger partial charge in [-0.25, -0.2) is 4.98 Å². The van der Waals surface area contributed by atoms with Crippen LogP contribution in [0.4, 0.5) is 5.82 Å². The average molecular weight is 426 g/mol. The van der Waals surface area contributed by atoms with Crippen LogP contribution in [0.5, 0.6) is 0 Å². The highest BCUT2D eigenvalue weighted by atomic mass is 16.7.